The standard InChI is InChI=1S/C15H20BrNO5/c1-4-5-6-10(15(19)20)17-14(18)9-7-11(21-2)13(16)12(8-9)22-3/h7-8,10H,4-6H2,1-3H3,(H,17,18)(H,19,20). The van der Waals surface area contributed by atoms with Gasteiger partial charge in [-0.15, -0.1) is 0 Å². The minimum atomic E-state index is -1.04. The summed E-state index contributed by atoms with van der Waals surface area (Å²) in [5, 5.41) is 11.7. The number of halogens is 1. The Kier molecular flexibility index (Phi) is 7.17. The molecule has 1 aromatic carbocycles. The summed E-state index contributed by atoms with van der Waals surface area (Å²) in [5.74, 6) is -0.652. The molecule has 1 unspecified atom stereocenters. The second-order valence-corrected chi connectivity index (χ2v) is 5.49. The Morgan fingerprint density at radius 2 is 1.82 bits per heavy atom. The highest BCUT2D eigenvalue weighted by molar-refractivity contribution is 9.10. The van der Waals surface area contributed by atoms with Crippen molar-refractivity contribution in [2.75, 3.05) is 14.2 Å². The predicted octanol–water partition coefficient (Wildman–Crippen LogP) is 2.84. The van der Waals surface area contributed by atoms with Crippen LogP contribution in [0.5, 0.6) is 11.5 Å². The number of benzene rings is 1. The van der Waals surface area contributed by atoms with Gasteiger partial charge in [0, 0.05) is 5.56 Å². The molecule has 22 heavy (non-hydrogen) atoms. The molecule has 122 valence electrons. The number of ether oxygens (including phenoxy) is 2. The maximum Gasteiger partial charge on any atom is 0.326 e. The number of nitrogens with one attached hydrogen (secondary N) is 1. The summed E-state index contributed by atoms with van der Waals surface area (Å²) in [7, 11) is 2.95. The molecular weight excluding hydrogens is 354 g/mol. The van der Waals surface area contributed by atoms with Gasteiger partial charge in [-0.3, -0.25) is 4.79 Å². The molecule has 0 aliphatic rings. The first-order valence-electron chi connectivity index (χ1n) is 6.89. The van der Waals surface area contributed by atoms with Gasteiger partial charge in [0.25, 0.3) is 5.91 Å². The van der Waals surface area contributed by atoms with Gasteiger partial charge in [0.05, 0.1) is 14.2 Å². The van der Waals surface area contributed by atoms with Crippen LogP contribution in [0.2, 0.25) is 0 Å². The molecule has 1 rings (SSSR count). The normalized spacial score (nSPS) is 11.6. The summed E-state index contributed by atoms with van der Waals surface area (Å²) in [5.41, 5.74) is 0.277. The van der Waals surface area contributed by atoms with Crippen LogP contribution in [-0.4, -0.2) is 37.2 Å². The summed E-state index contributed by atoms with van der Waals surface area (Å²) in [6.07, 6.45) is 1.98. The summed E-state index contributed by atoms with van der Waals surface area (Å²) >= 11 is 3.32. The third-order valence-corrected chi connectivity index (χ3v) is 3.94. The van der Waals surface area contributed by atoms with E-state index >= 15 is 0 Å². The molecule has 0 bridgehead atoms. The average molecular weight is 374 g/mol. The maximum atomic E-state index is 12.3. The van der Waals surface area contributed by atoms with Gasteiger partial charge in [-0.2, -0.15) is 0 Å². The maximum absolute atomic E-state index is 12.3. The van der Waals surface area contributed by atoms with E-state index in [1.807, 2.05) is 6.92 Å². The molecule has 2 N–H and O–H groups in total. The number of unbranched alkanes of at least 4 members (excludes halogenated alkanes) is 1. The second-order valence-electron chi connectivity index (χ2n) is 4.70. The van der Waals surface area contributed by atoms with Gasteiger partial charge < -0.3 is 19.9 Å². The molecule has 0 spiro atoms. The molecule has 7 heteroatoms. The molecule has 6 nitrogen and oxygen atoms in total. The molecule has 0 aromatic heterocycles. The Bertz CT molecular complexity index is 522. The van der Waals surface area contributed by atoms with E-state index in [4.69, 9.17) is 14.6 Å². The highest BCUT2D eigenvalue weighted by Crippen LogP contribution is 2.35. The molecule has 1 amide bonds. The Morgan fingerprint density at radius 3 is 2.23 bits per heavy atom. The third kappa shape index (κ3) is 4.62. The third-order valence-electron chi connectivity index (χ3n) is 3.16. The molecule has 0 aliphatic heterocycles. The van der Waals surface area contributed by atoms with Gasteiger partial charge in [-0.1, -0.05) is 19.8 Å². The van der Waals surface area contributed by atoms with Crippen molar-refractivity contribution < 1.29 is 24.2 Å². The first kappa shape index (κ1) is 18.3. The number of carboxylic acid groups (broad SMARTS) is 1. The van der Waals surface area contributed by atoms with E-state index in [-0.39, 0.29) is 5.56 Å². The fourth-order valence-electron chi connectivity index (χ4n) is 1.91. The van der Waals surface area contributed by atoms with E-state index in [0.29, 0.717) is 22.4 Å². The number of aliphatic carboxylic acids is 1. The smallest absolute Gasteiger partial charge is 0.326 e. The fraction of sp³-hybridized carbons (Fsp3) is 0.467. The highest BCUT2D eigenvalue weighted by Gasteiger charge is 2.21. The lowest BCUT2D eigenvalue weighted by molar-refractivity contribution is -0.139. The van der Waals surface area contributed by atoms with Crippen molar-refractivity contribution in [3.05, 3.63) is 22.2 Å². The van der Waals surface area contributed by atoms with Crippen LogP contribution in [0.3, 0.4) is 0 Å². The van der Waals surface area contributed by atoms with E-state index in [2.05, 4.69) is 21.2 Å². The van der Waals surface area contributed by atoms with Crippen LogP contribution in [-0.2, 0) is 4.79 Å². The Balaban J connectivity index is 2.99. The number of methoxy groups -OCH3 is 2. The van der Waals surface area contributed by atoms with Crippen LogP contribution in [0.4, 0.5) is 0 Å². The van der Waals surface area contributed by atoms with Crippen LogP contribution >= 0.6 is 15.9 Å². The summed E-state index contributed by atoms with van der Waals surface area (Å²) in [6.45, 7) is 1.96. The van der Waals surface area contributed by atoms with Gasteiger partial charge in [0.15, 0.2) is 0 Å². The van der Waals surface area contributed by atoms with Gasteiger partial charge in [-0.05, 0) is 34.5 Å². The predicted molar refractivity (Wildman–Crippen MR) is 85.7 cm³/mol. The van der Waals surface area contributed by atoms with E-state index in [1.54, 1.807) is 0 Å². The van der Waals surface area contributed by atoms with Crippen LogP contribution < -0.4 is 14.8 Å². The fourth-order valence-corrected chi connectivity index (χ4v) is 2.46. The lowest BCUT2D eigenvalue weighted by Crippen LogP contribution is -2.40. The number of carbonyl (C=O) groups is 2. The lowest BCUT2D eigenvalue weighted by atomic mass is 10.1. The largest absolute Gasteiger partial charge is 0.495 e. The zero-order valence-electron chi connectivity index (χ0n) is 12.8. The molecule has 1 atom stereocenters. The molecule has 0 aliphatic carbocycles. The van der Waals surface area contributed by atoms with E-state index < -0.39 is 17.9 Å². The van der Waals surface area contributed by atoms with Gasteiger partial charge >= 0.3 is 5.97 Å². The molecule has 0 saturated heterocycles. The van der Waals surface area contributed by atoms with E-state index in [1.165, 1.54) is 26.4 Å². The van der Waals surface area contributed by atoms with Crippen LogP contribution in [0.1, 0.15) is 36.5 Å². The van der Waals surface area contributed by atoms with Crippen molar-refractivity contribution in [1.82, 2.24) is 5.32 Å². The van der Waals surface area contributed by atoms with Crippen molar-refractivity contribution in [3.63, 3.8) is 0 Å². The highest BCUT2D eigenvalue weighted by atomic mass is 79.9. The summed E-state index contributed by atoms with van der Waals surface area (Å²) in [6, 6.07) is 2.15. The minimum Gasteiger partial charge on any atom is -0.495 e. The minimum absolute atomic E-state index is 0.277. The first-order valence-corrected chi connectivity index (χ1v) is 7.69. The van der Waals surface area contributed by atoms with Gasteiger partial charge in [0.1, 0.15) is 22.0 Å². The molecular formula is C15H20BrNO5. The van der Waals surface area contributed by atoms with Crippen molar-refractivity contribution in [1.29, 1.82) is 0 Å². The number of amides is 1. The van der Waals surface area contributed by atoms with Crippen molar-refractivity contribution in [3.8, 4) is 11.5 Å². The van der Waals surface area contributed by atoms with Crippen molar-refractivity contribution in [2.45, 2.75) is 32.2 Å². The van der Waals surface area contributed by atoms with Crippen LogP contribution in [0.15, 0.2) is 16.6 Å². The SMILES string of the molecule is CCCCC(NC(=O)c1cc(OC)c(Br)c(OC)c1)C(=O)O. The Labute approximate surface area is 137 Å². The van der Waals surface area contributed by atoms with Crippen molar-refractivity contribution in [2.24, 2.45) is 0 Å². The van der Waals surface area contributed by atoms with E-state index in [9.17, 15) is 9.59 Å². The number of hydrogen-bond donors (Lipinski definition) is 2. The average Bonchev–Trinajstić information content (AvgIpc) is 2.50. The quantitative estimate of drug-likeness (QED) is 0.731. The lowest BCUT2D eigenvalue weighted by Gasteiger charge is -2.16. The Hall–Kier alpha value is -1.76. The van der Waals surface area contributed by atoms with Gasteiger partial charge in [-0.25, -0.2) is 4.79 Å². The van der Waals surface area contributed by atoms with Crippen LogP contribution in [0.25, 0.3) is 0 Å². The molecule has 0 radical (unpaired) electrons. The molecule has 1 aromatic rings. The van der Waals surface area contributed by atoms with E-state index in [0.717, 1.165) is 12.8 Å². The zero-order valence-corrected chi connectivity index (χ0v) is 14.4. The van der Waals surface area contributed by atoms with Crippen LogP contribution in [0, 0.1) is 0 Å². The number of hydrogen-bond acceptors (Lipinski definition) is 4. The number of carbonyl (C=O) groups excluding carboxylic acids is 1. The van der Waals surface area contributed by atoms with Gasteiger partial charge in [0.2, 0.25) is 0 Å². The number of carboxylic acids is 1. The topological polar surface area (TPSA) is 84.9 Å². The van der Waals surface area contributed by atoms with Crippen molar-refractivity contribution >= 4 is 27.8 Å². The summed E-state index contributed by atoms with van der Waals surface area (Å²) in [4.78, 5) is 23.5. The summed E-state index contributed by atoms with van der Waals surface area (Å²) < 4.78 is 10.9. The Morgan fingerprint density at radius 1 is 1.27 bits per heavy atom. The second kappa shape index (κ2) is 8.63. The first-order chi connectivity index (χ1) is 10.4. The molecule has 0 saturated carbocycles. The monoisotopic (exact) mass is 373 g/mol. The molecule has 0 fully saturated rings. The molecule has 0 heterocycles. The number of rotatable bonds is 8. The zero-order chi connectivity index (χ0) is 16.7.